The molecule has 1 spiro atoms. The van der Waals surface area contributed by atoms with Crippen molar-refractivity contribution in [3.8, 4) is 5.75 Å². The fourth-order valence-corrected chi connectivity index (χ4v) is 6.54. The molecule has 2 saturated heterocycles. The molecule has 6 rings (SSSR count). The van der Waals surface area contributed by atoms with E-state index in [4.69, 9.17) is 4.74 Å². The van der Waals surface area contributed by atoms with Crippen LogP contribution in [0.3, 0.4) is 0 Å². The van der Waals surface area contributed by atoms with E-state index in [2.05, 4.69) is 5.32 Å². The van der Waals surface area contributed by atoms with Gasteiger partial charge in [-0.05, 0) is 66.8 Å². The summed E-state index contributed by atoms with van der Waals surface area (Å²) in [7, 11) is 0. The molecule has 0 saturated carbocycles. The summed E-state index contributed by atoms with van der Waals surface area (Å²) in [6, 6.07) is 16.1. The van der Waals surface area contributed by atoms with Gasteiger partial charge in [0.2, 0.25) is 0 Å². The summed E-state index contributed by atoms with van der Waals surface area (Å²) < 4.78 is 78.3. The number of hydrogen-bond acceptors (Lipinski definition) is 4. The highest BCUT2D eigenvalue weighted by atomic mass is 19.4. The minimum absolute atomic E-state index is 0.0155. The predicted octanol–water partition coefficient (Wildman–Crippen LogP) is 6.24. The lowest BCUT2D eigenvalue weighted by atomic mass is 9.86. The monoisotopic (exact) mass is 557 g/mol. The summed E-state index contributed by atoms with van der Waals surface area (Å²) in [6.45, 7) is 2.31. The van der Waals surface area contributed by atoms with E-state index in [0.29, 0.717) is 43.1 Å². The number of ether oxygens (including phenoxy) is 1. The van der Waals surface area contributed by atoms with E-state index in [0.717, 1.165) is 42.0 Å². The molecule has 212 valence electrons. The quantitative estimate of drug-likeness (QED) is 0.363. The van der Waals surface area contributed by atoms with E-state index < -0.39 is 30.4 Å². The zero-order valence-electron chi connectivity index (χ0n) is 22.1. The molecule has 3 aromatic rings. The molecule has 0 radical (unpaired) electrons. The van der Waals surface area contributed by atoms with Crippen molar-refractivity contribution in [3.63, 3.8) is 0 Å². The van der Waals surface area contributed by atoms with Gasteiger partial charge < -0.3 is 15.0 Å². The molecule has 40 heavy (non-hydrogen) atoms. The second-order valence-electron chi connectivity index (χ2n) is 11.3. The Balaban J connectivity index is 1.31. The number of alkyl halides is 3. The summed E-state index contributed by atoms with van der Waals surface area (Å²) in [5, 5.41) is 3.37. The van der Waals surface area contributed by atoms with Crippen LogP contribution in [-0.4, -0.2) is 50.3 Å². The van der Waals surface area contributed by atoms with Crippen LogP contribution in [0.4, 0.5) is 27.6 Å². The summed E-state index contributed by atoms with van der Waals surface area (Å²) in [6.07, 6.45) is -2.24. The smallest absolute Gasteiger partial charge is 0.401 e. The lowest BCUT2D eigenvalue weighted by Gasteiger charge is -2.38. The van der Waals surface area contributed by atoms with Crippen molar-refractivity contribution in [2.45, 2.75) is 38.1 Å². The molecule has 3 aromatic carbocycles. The fourth-order valence-electron chi connectivity index (χ4n) is 6.54. The average Bonchev–Trinajstić information content (AvgIpc) is 3.57. The van der Waals surface area contributed by atoms with Gasteiger partial charge in [-0.2, -0.15) is 13.2 Å². The maximum atomic E-state index is 15.8. The summed E-state index contributed by atoms with van der Waals surface area (Å²) in [5.41, 5.74) is 2.37. The van der Waals surface area contributed by atoms with Crippen LogP contribution in [0.2, 0.25) is 0 Å². The number of halogens is 5. The van der Waals surface area contributed by atoms with Gasteiger partial charge in [0, 0.05) is 42.8 Å². The summed E-state index contributed by atoms with van der Waals surface area (Å²) in [4.78, 5) is 3.12. The number of anilines is 1. The number of hydrogen-bond donors (Lipinski definition) is 1. The highest BCUT2D eigenvalue weighted by molar-refractivity contribution is 5.53. The standard InChI is InChI=1S/C31H32F5N3O/c32-26-15-23(38-13-10-30(19-38)9-11-37-18-30)16-27(33)28(26)29-25-7-6-24(40-17-21-4-2-1-3-5-21)14-22(25)8-12-39(29)20-31(34,35)36/h1-7,14-16,29,37H,8-13,17-20H2. The van der Waals surface area contributed by atoms with Crippen LogP contribution in [0.15, 0.2) is 60.7 Å². The van der Waals surface area contributed by atoms with Crippen molar-refractivity contribution in [1.82, 2.24) is 10.2 Å². The number of nitrogens with zero attached hydrogens (tertiary/aromatic N) is 2. The highest BCUT2D eigenvalue weighted by Crippen LogP contribution is 2.43. The molecule has 3 aliphatic heterocycles. The van der Waals surface area contributed by atoms with Gasteiger partial charge in [0.15, 0.2) is 0 Å². The first kappa shape index (κ1) is 27.0. The number of benzene rings is 3. The Bertz CT molecular complexity index is 1330. The molecule has 0 bridgehead atoms. The highest BCUT2D eigenvalue weighted by Gasteiger charge is 2.42. The van der Waals surface area contributed by atoms with Crippen molar-refractivity contribution < 1.29 is 26.7 Å². The minimum atomic E-state index is -4.51. The van der Waals surface area contributed by atoms with Gasteiger partial charge in [0.05, 0.1) is 12.6 Å². The maximum absolute atomic E-state index is 15.8. The van der Waals surface area contributed by atoms with E-state index in [1.165, 1.54) is 12.1 Å². The molecule has 2 unspecified atom stereocenters. The molecule has 0 aromatic heterocycles. The SMILES string of the molecule is Fc1cc(N2CCC3(CCNC3)C2)cc(F)c1C1c2ccc(OCc3ccccc3)cc2CCN1CC(F)(F)F. The molecule has 2 atom stereocenters. The predicted molar refractivity (Wildman–Crippen MR) is 143 cm³/mol. The van der Waals surface area contributed by atoms with Gasteiger partial charge in [-0.25, -0.2) is 8.78 Å². The zero-order valence-corrected chi connectivity index (χ0v) is 22.1. The van der Waals surface area contributed by atoms with E-state index in [1.54, 1.807) is 18.2 Å². The van der Waals surface area contributed by atoms with Crippen molar-refractivity contribution in [3.05, 3.63) is 94.6 Å². The molecule has 1 N–H and O–H groups in total. The Morgan fingerprint density at radius 1 is 0.950 bits per heavy atom. The first-order valence-electron chi connectivity index (χ1n) is 13.7. The molecule has 3 heterocycles. The Morgan fingerprint density at radius 3 is 2.42 bits per heavy atom. The number of rotatable bonds is 6. The van der Waals surface area contributed by atoms with Gasteiger partial charge in [0.25, 0.3) is 0 Å². The second-order valence-corrected chi connectivity index (χ2v) is 11.3. The molecule has 4 nitrogen and oxygen atoms in total. The topological polar surface area (TPSA) is 27.7 Å². The Hall–Kier alpha value is -3.17. The second kappa shape index (κ2) is 10.7. The van der Waals surface area contributed by atoms with E-state index in [9.17, 15) is 13.2 Å². The van der Waals surface area contributed by atoms with Crippen LogP contribution in [0.5, 0.6) is 5.75 Å². The normalized spacial score (nSPS) is 23.1. The first-order chi connectivity index (χ1) is 19.2. The number of nitrogens with one attached hydrogen (secondary N) is 1. The van der Waals surface area contributed by atoms with E-state index in [1.807, 2.05) is 35.2 Å². The van der Waals surface area contributed by atoms with Crippen molar-refractivity contribution in [1.29, 1.82) is 0 Å². The van der Waals surface area contributed by atoms with Crippen molar-refractivity contribution in [2.24, 2.45) is 5.41 Å². The Kier molecular flexibility index (Phi) is 7.21. The molecular weight excluding hydrogens is 525 g/mol. The minimum Gasteiger partial charge on any atom is -0.489 e. The van der Waals surface area contributed by atoms with Crippen LogP contribution in [0.1, 0.15) is 41.1 Å². The summed E-state index contributed by atoms with van der Waals surface area (Å²) in [5.74, 6) is -1.09. The van der Waals surface area contributed by atoms with Crippen LogP contribution >= 0.6 is 0 Å². The lowest BCUT2D eigenvalue weighted by molar-refractivity contribution is -0.150. The number of fused-ring (bicyclic) bond motifs is 1. The zero-order chi connectivity index (χ0) is 27.9. The molecule has 0 amide bonds. The Morgan fingerprint density at radius 2 is 1.73 bits per heavy atom. The van der Waals surface area contributed by atoms with Gasteiger partial charge in [-0.15, -0.1) is 0 Å². The average molecular weight is 558 g/mol. The molecule has 9 heteroatoms. The van der Waals surface area contributed by atoms with Gasteiger partial charge in [-0.3, -0.25) is 4.90 Å². The van der Waals surface area contributed by atoms with Crippen LogP contribution in [-0.2, 0) is 13.0 Å². The van der Waals surface area contributed by atoms with Gasteiger partial charge in [-0.1, -0.05) is 36.4 Å². The third kappa shape index (κ3) is 5.54. The largest absolute Gasteiger partial charge is 0.489 e. The van der Waals surface area contributed by atoms with Crippen LogP contribution in [0.25, 0.3) is 0 Å². The van der Waals surface area contributed by atoms with E-state index in [-0.39, 0.29) is 17.5 Å². The molecule has 3 aliphatic rings. The van der Waals surface area contributed by atoms with Crippen molar-refractivity contribution >= 4 is 5.69 Å². The third-order valence-corrected chi connectivity index (χ3v) is 8.55. The Labute approximate surface area is 230 Å². The van der Waals surface area contributed by atoms with E-state index >= 15 is 8.78 Å². The van der Waals surface area contributed by atoms with Crippen molar-refractivity contribution in [2.75, 3.05) is 44.2 Å². The summed E-state index contributed by atoms with van der Waals surface area (Å²) >= 11 is 0. The fraction of sp³-hybridized carbons (Fsp3) is 0.419. The van der Waals surface area contributed by atoms with Gasteiger partial charge >= 0.3 is 6.18 Å². The van der Waals surface area contributed by atoms with Crippen LogP contribution in [0, 0.1) is 17.0 Å². The van der Waals surface area contributed by atoms with Gasteiger partial charge in [0.1, 0.15) is 24.0 Å². The maximum Gasteiger partial charge on any atom is 0.401 e. The molecule has 0 aliphatic carbocycles. The first-order valence-corrected chi connectivity index (χ1v) is 13.7. The molecule has 2 fully saturated rings. The van der Waals surface area contributed by atoms with Crippen LogP contribution < -0.4 is 15.0 Å². The third-order valence-electron chi connectivity index (χ3n) is 8.55. The lowest BCUT2D eigenvalue weighted by Crippen LogP contribution is -2.42. The molecular formula is C31H32F5N3O.